The van der Waals surface area contributed by atoms with Gasteiger partial charge in [0.25, 0.3) is 0 Å². The quantitative estimate of drug-likeness (QED) is 0.0165. The number of benzene rings is 6. The molecule has 6 aromatic carbocycles. The SMILES string of the molecule is CCCCCCCCCCCCOc1cc(C#Cc2ccc3ccc4ccc(C#Cc5cc(OCCCCCCCCCCCC)c(OCCCCCCCCCCCC)cc5C#C[Si](C)(C)C)c5ccc2c3c45)c(C#C[Si](C)(C)C)cc1OCCCCCCCCCCCC. The minimum Gasteiger partial charge on any atom is -0.490 e. The molecule has 0 atom stereocenters. The Morgan fingerprint density at radius 3 is 0.688 bits per heavy atom. The van der Waals surface area contributed by atoms with Crippen LogP contribution in [0.5, 0.6) is 23.0 Å². The number of hydrogen-bond donors (Lipinski definition) is 0. The molecule has 0 bridgehead atoms. The van der Waals surface area contributed by atoms with E-state index in [1.807, 2.05) is 0 Å². The Labute approximate surface area is 589 Å². The van der Waals surface area contributed by atoms with Crippen LogP contribution in [-0.4, -0.2) is 42.6 Å². The van der Waals surface area contributed by atoms with E-state index in [2.05, 4.69) is 186 Å². The van der Waals surface area contributed by atoms with Crippen LogP contribution in [0.4, 0.5) is 0 Å². The highest BCUT2D eigenvalue weighted by atomic mass is 28.3. The monoisotopic (exact) mass is 1330 g/mol. The molecule has 0 aliphatic carbocycles. The summed E-state index contributed by atoms with van der Waals surface area (Å²) in [6.07, 6.45) is 51.5. The lowest BCUT2D eigenvalue weighted by Gasteiger charge is -2.15. The van der Waals surface area contributed by atoms with Gasteiger partial charge in [-0.05, 0) is 70.1 Å². The van der Waals surface area contributed by atoms with Crippen molar-refractivity contribution >= 4 is 48.5 Å². The summed E-state index contributed by atoms with van der Waals surface area (Å²) < 4.78 is 26.8. The molecule has 6 rings (SSSR count). The molecule has 4 nitrogen and oxygen atoms in total. The van der Waals surface area contributed by atoms with Gasteiger partial charge >= 0.3 is 0 Å². The summed E-state index contributed by atoms with van der Waals surface area (Å²) in [5.41, 5.74) is 12.9. The van der Waals surface area contributed by atoms with Crippen LogP contribution in [0.1, 0.15) is 318 Å². The predicted octanol–water partition coefficient (Wildman–Crippen LogP) is 27.0. The molecule has 0 aliphatic heterocycles. The molecule has 0 fully saturated rings. The van der Waals surface area contributed by atoms with E-state index in [-0.39, 0.29) is 0 Å². The Hall–Kier alpha value is -5.77. The molecule has 0 aromatic heterocycles. The molecule has 6 aromatic rings. The van der Waals surface area contributed by atoms with Crippen molar-refractivity contribution in [3.8, 4) is 69.6 Å². The first-order valence-electron chi connectivity index (χ1n) is 39.5. The van der Waals surface area contributed by atoms with Gasteiger partial charge in [-0.25, -0.2) is 0 Å². The van der Waals surface area contributed by atoms with E-state index in [1.54, 1.807) is 0 Å². The number of unbranched alkanes of at least 4 members (excludes halogenated alkanes) is 36. The topological polar surface area (TPSA) is 36.9 Å². The molecule has 0 N–H and O–H groups in total. The maximum Gasteiger partial charge on any atom is 0.162 e. The third-order valence-electron chi connectivity index (χ3n) is 18.7. The third-order valence-corrected chi connectivity index (χ3v) is 20.4. The van der Waals surface area contributed by atoms with Gasteiger partial charge in [-0.2, -0.15) is 0 Å². The first-order valence-corrected chi connectivity index (χ1v) is 46.5. The predicted molar refractivity (Wildman–Crippen MR) is 425 cm³/mol. The van der Waals surface area contributed by atoms with Gasteiger partial charge < -0.3 is 18.9 Å². The van der Waals surface area contributed by atoms with Crippen LogP contribution in [0.2, 0.25) is 39.3 Å². The summed E-state index contributed by atoms with van der Waals surface area (Å²) in [6, 6.07) is 26.4. The molecule has 0 saturated carbocycles. The smallest absolute Gasteiger partial charge is 0.162 e. The fraction of sp³-hybridized carbons (Fsp3) is 0.600. The van der Waals surface area contributed by atoms with E-state index in [4.69, 9.17) is 18.9 Å². The average Bonchev–Trinajstić information content (AvgIpc) is 0.736. The molecule has 0 aliphatic rings. The van der Waals surface area contributed by atoms with Crippen molar-refractivity contribution in [2.24, 2.45) is 0 Å². The summed E-state index contributed by atoms with van der Waals surface area (Å²) in [7, 11) is -3.49. The first-order chi connectivity index (χ1) is 46.8. The zero-order valence-corrected chi connectivity index (χ0v) is 64.7. The van der Waals surface area contributed by atoms with Crippen LogP contribution in [-0.2, 0) is 0 Å². The largest absolute Gasteiger partial charge is 0.490 e. The Morgan fingerprint density at radius 2 is 0.448 bits per heavy atom. The molecule has 0 saturated heterocycles. The molecule has 522 valence electrons. The maximum absolute atomic E-state index is 6.73. The standard InChI is InChI=1S/C90H130O4Si2/c1-11-15-19-23-27-31-35-39-43-47-65-91-85-71-79(81(63-69-95(5,6)7)73-87(85)93-67-49-45-41-37-33-29-25-21-17-13-3)59-53-75-51-55-77-57-58-78-56-52-76(84-62-61-83(75)89(77)90(78)84)54-60-80-72-86(92-66-48-44-40-36-32-28-24-20-16-12-2)88(74-82(80)64-70-96(8,9)10)94-68-50-46-42-38-34-30-26-22-18-14-4/h51-52,55-58,61-62,71-74H,11-50,65-68H2,1-10H3. The lowest BCUT2D eigenvalue weighted by Crippen LogP contribution is -2.16. The Bertz CT molecular complexity index is 3190. The molecule has 0 amide bonds. The fourth-order valence-electron chi connectivity index (χ4n) is 12.9. The number of rotatable bonds is 48. The summed E-state index contributed by atoms with van der Waals surface area (Å²) in [5, 5.41) is 7.07. The molecule has 0 heterocycles. The van der Waals surface area contributed by atoms with Crippen LogP contribution in [0.3, 0.4) is 0 Å². The highest BCUT2D eigenvalue weighted by Gasteiger charge is 2.18. The molecular formula is C90H130O4Si2. The molecule has 6 heteroatoms. The molecule has 0 radical (unpaired) electrons. The van der Waals surface area contributed by atoms with Gasteiger partial charge in [0.05, 0.1) is 26.4 Å². The second kappa shape index (κ2) is 46.5. The van der Waals surface area contributed by atoms with Crippen molar-refractivity contribution in [2.45, 2.75) is 324 Å². The molecule has 0 spiro atoms. The Morgan fingerprint density at radius 1 is 0.240 bits per heavy atom. The van der Waals surface area contributed by atoms with E-state index in [0.29, 0.717) is 26.4 Å². The fourth-order valence-corrected chi connectivity index (χ4v) is 13.9. The van der Waals surface area contributed by atoms with Gasteiger partial charge in [0.2, 0.25) is 0 Å². The van der Waals surface area contributed by atoms with Gasteiger partial charge in [0, 0.05) is 57.6 Å². The van der Waals surface area contributed by atoms with Crippen LogP contribution >= 0.6 is 0 Å². The van der Waals surface area contributed by atoms with Gasteiger partial charge in [-0.15, -0.1) is 11.1 Å². The minimum atomic E-state index is -1.74. The molecule has 96 heavy (non-hydrogen) atoms. The Kier molecular flexibility index (Phi) is 38.4. The van der Waals surface area contributed by atoms with E-state index in [9.17, 15) is 0 Å². The molecule has 0 unspecified atom stereocenters. The van der Waals surface area contributed by atoms with Crippen molar-refractivity contribution < 1.29 is 18.9 Å². The van der Waals surface area contributed by atoms with Crippen LogP contribution in [0.15, 0.2) is 72.8 Å². The van der Waals surface area contributed by atoms with Crippen molar-refractivity contribution in [3.63, 3.8) is 0 Å². The second-order valence-corrected chi connectivity index (χ2v) is 39.5. The number of hydrogen-bond acceptors (Lipinski definition) is 4. The summed E-state index contributed by atoms with van der Waals surface area (Å²) in [5.74, 6) is 25.2. The van der Waals surface area contributed by atoms with Crippen LogP contribution in [0, 0.1) is 46.6 Å². The van der Waals surface area contributed by atoms with E-state index in [1.165, 1.54) is 253 Å². The van der Waals surface area contributed by atoms with Crippen LogP contribution < -0.4 is 18.9 Å². The van der Waals surface area contributed by atoms with Gasteiger partial charge in [0.15, 0.2) is 23.0 Å². The number of ether oxygens (including phenoxy) is 4. The van der Waals surface area contributed by atoms with Crippen molar-refractivity contribution in [1.82, 2.24) is 0 Å². The normalized spacial score (nSPS) is 11.5. The zero-order valence-electron chi connectivity index (χ0n) is 62.7. The van der Waals surface area contributed by atoms with Gasteiger partial charge in [0.1, 0.15) is 16.1 Å². The maximum atomic E-state index is 6.73. The summed E-state index contributed by atoms with van der Waals surface area (Å²) in [6.45, 7) is 25.6. The van der Waals surface area contributed by atoms with Crippen molar-refractivity contribution in [3.05, 3.63) is 106 Å². The van der Waals surface area contributed by atoms with E-state index in [0.717, 1.165) is 92.8 Å². The highest BCUT2D eigenvalue weighted by Crippen LogP contribution is 2.39. The lowest BCUT2D eigenvalue weighted by molar-refractivity contribution is 0.258. The first kappa shape index (κ1) is 79.2. The van der Waals surface area contributed by atoms with Crippen molar-refractivity contribution in [2.75, 3.05) is 26.4 Å². The van der Waals surface area contributed by atoms with Gasteiger partial charge in [-0.3, -0.25) is 0 Å². The lowest BCUT2D eigenvalue weighted by atomic mass is 9.90. The molecular weight excluding hydrogens is 1200 g/mol. The Balaban J connectivity index is 1.29. The average molecular weight is 1330 g/mol. The summed E-state index contributed by atoms with van der Waals surface area (Å²) in [4.78, 5) is 0. The second-order valence-electron chi connectivity index (χ2n) is 30.0. The third kappa shape index (κ3) is 30.6. The van der Waals surface area contributed by atoms with Gasteiger partial charge in [-0.1, -0.05) is 370 Å². The van der Waals surface area contributed by atoms with E-state index >= 15 is 0 Å². The van der Waals surface area contributed by atoms with Crippen molar-refractivity contribution in [1.29, 1.82) is 0 Å². The van der Waals surface area contributed by atoms with Crippen LogP contribution in [0.25, 0.3) is 32.3 Å². The summed E-state index contributed by atoms with van der Waals surface area (Å²) >= 11 is 0. The minimum absolute atomic E-state index is 0.656. The van der Waals surface area contributed by atoms with E-state index < -0.39 is 16.1 Å². The highest BCUT2D eigenvalue weighted by molar-refractivity contribution is 6.84. The zero-order chi connectivity index (χ0) is 68.3.